The minimum absolute atomic E-state index is 0.0753. The Bertz CT molecular complexity index is 650. The van der Waals surface area contributed by atoms with Crippen molar-refractivity contribution in [2.24, 2.45) is 5.92 Å². The molecule has 0 aromatic heterocycles. The minimum Gasteiger partial charge on any atom is -0.493 e. The van der Waals surface area contributed by atoms with Gasteiger partial charge < -0.3 is 10.1 Å². The van der Waals surface area contributed by atoms with Gasteiger partial charge in [-0.2, -0.15) is 0 Å². The minimum atomic E-state index is -0.0753. The van der Waals surface area contributed by atoms with Gasteiger partial charge in [0.15, 0.2) is 0 Å². The van der Waals surface area contributed by atoms with Gasteiger partial charge in [0, 0.05) is 16.6 Å². The third-order valence-corrected chi connectivity index (χ3v) is 4.13. The Morgan fingerprint density at radius 3 is 2.64 bits per heavy atom. The van der Waals surface area contributed by atoms with Crippen molar-refractivity contribution < 1.29 is 9.53 Å². The first kappa shape index (κ1) is 15.1. The molecule has 1 saturated carbocycles. The van der Waals surface area contributed by atoms with Gasteiger partial charge in [-0.25, -0.2) is 0 Å². The van der Waals surface area contributed by atoms with Gasteiger partial charge in [-0.05, 0) is 60.7 Å². The first-order valence-corrected chi connectivity index (χ1v) is 8.25. The van der Waals surface area contributed by atoms with Gasteiger partial charge in [-0.15, -0.1) is 0 Å². The molecular weight excluding hydrogens is 342 g/mol. The van der Waals surface area contributed by atoms with E-state index in [2.05, 4.69) is 21.2 Å². The van der Waals surface area contributed by atoms with Gasteiger partial charge in [-0.3, -0.25) is 4.79 Å². The Hall–Kier alpha value is -1.81. The number of benzene rings is 2. The number of carbonyl (C=O) groups is 1. The van der Waals surface area contributed by atoms with E-state index in [1.807, 2.05) is 36.4 Å². The van der Waals surface area contributed by atoms with Gasteiger partial charge in [0.2, 0.25) is 0 Å². The zero-order valence-corrected chi connectivity index (χ0v) is 13.8. The Labute approximate surface area is 138 Å². The normalized spacial score (nSPS) is 13.7. The lowest BCUT2D eigenvalue weighted by Crippen LogP contribution is -2.22. The third kappa shape index (κ3) is 4.34. The molecule has 0 saturated heterocycles. The highest BCUT2D eigenvalue weighted by Gasteiger charge is 2.21. The number of carbonyl (C=O) groups excluding carboxylic acids is 1. The van der Waals surface area contributed by atoms with Crippen LogP contribution in [0, 0.1) is 5.92 Å². The molecule has 2 aromatic rings. The Balaban J connectivity index is 1.52. The Morgan fingerprint density at radius 1 is 1.18 bits per heavy atom. The van der Waals surface area contributed by atoms with Crippen LogP contribution in [0.5, 0.6) is 5.75 Å². The second-order valence-electron chi connectivity index (χ2n) is 5.59. The molecule has 1 fully saturated rings. The molecular formula is C18H18BrNO2. The smallest absolute Gasteiger partial charge is 0.251 e. The van der Waals surface area contributed by atoms with E-state index in [0.717, 1.165) is 28.3 Å². The molecule has 3 rings (SSSR count). The number of amides is 1. The van der Waals surface area contributed by atoms with Crippen LogP contribution in [0.2, 0.25) is 0 Å². The van der Waals surface area contributed by atoms with E-state index in [0.29, 0.717) is 12.1 Å². The number of nitrogens with one attached hydrogen (secondary N) is 1. The molecule has 1 N–H and O–H groups in total. The average Bonchev–Trinajstić information content (AvgIpc) is 3.35. The average molecular weight is 360 g/mol. The van der Waals surface area contributed by atoms with Crippen molar-refractivity contribution in [3.05, 3.63) is 64.1 Å². The molecule has 1 aliphatic rings. The van der Waals surface area contributed by atoms with Crippen LogP contribution < -0.4 is 10.1 Å². The molecule has 3 nitrogen and oxygen atoms in total. The van der Waals surface area contributed by atoms with Crippen molar-refractivity contribution in [3.8, 4) is 5.75 Å². The first-order chi connectivity index (χ1) is 10.7. The van der Waals surface area contributed by atoms with Gasteiger partial charge in [0.05, 0.1) is 6.61 Å². The summed E-state index contributed by atoms with van der Waals surface area (Å²) in [5, 5.41) is 2.92. The van der Waals surface area contributed by atoms with Crippen molar-refractivity contribution in [2.75, 3.05) is 6.61 Å². The van der Waals surface area contributed by atoms with Crippen LogP contribution in [-0.2, 0) is 6.54 Å². The summed E-state index contributed by atoms with van der Waals surface area (Å²) in [6.45, 7) is 1.30. The highest BCUT2D eigenvalue weighted by atomic mass is 79.9. The highest BCUT2D eigenvalue weighted by molar-refractivity contribution is 9.10. The second kappa shape index (κ2) is 6.97. The maximum atomic E-state index is 12.1. The number of hydrogen-bond acceptors (Lipinski definition) is 2. The molecule has 4 heteroatoms. The zero-order chi connectivity index (χ0) is 15.4. The lowest BCUT2D eigenvalue weighted by Gasteiger charge is -2.08. The fourth-order valence-electron chi connectivity index (χ4n) is 2.13. The molecule has 2 aromatic carbocycles. The molecule has 0 aliphatic heterocycles. The van der Waals surface area contributed by atoms with E-state index in [1.54, 1.807) is 12.1 Å². The van der Waals surface area contributed by atoms with E-state index in [9.17, 15) is 4.79 Å². The van der Waals surface area contributed by atoms with Crippen LogP contribution in [0.1, 0.15) is 28.8 Å². The van der Waals surface area contributed by atoms with E-state index < -0.39 is 0 Å². The number of hydrogen-bond donors (Lipinski definition) is 1. The van der Waals surface area contributed by atoms with Crippen molar-refractivity contribution in [3.63, 3.8) is 0 Å². The van der Waals surface area contributed by atoms with Crippen LogP contribution >= 0.6 is 15.9 Å². The maximum Gasteiger partial charge on any atom is 0.251 e. The van der Waals surface area contributed by atoms with Crippen LogP contribution in [0.15, 0.2) is 53.0 Å². The Morgan fingerprint density at radius 2 is 1.95 bits per heavy atom. The van der Waals surface area contributed by atoms with Crippen molar-refractivity contribution in [1.82, 2.24) is 5.32 Å². The SMILES string of the molecule is O=C(NCc1cccc(Br)c1)c1ccc(OCC2CC2)cc1. The monoisotopic (exact) mass is 359 g/mol. The maximum absolute atomic E-state index is 12.1. The fraction of sp³-hybridized carbons (Fsp3) is 0.278. The second-order valence-corrected chi connectivity index (χ2v) is 6.51. The van der Waals surface area contributed by atoms with Crippen LogP contribution in [-0.4, -0.2) is 12.5 Å². The molecule has 0 radical (unpaired) electrons. The molecule has 0 bridgehead atoms. The van der Waals surface area contributed by atoms with E-state index in [4.69, 9.17) is 4.74 Å². The summed E-state index contributed by atoms with van der Waals surface area (Å²) in [6, 6.07) is 15.2. The summed E-state index contributed by atoms with van der Waals surface area (Å²) in [4.78, 5) is 12.1. The summed E-state index contributed by atoms with van der Waals surface area (Å²) in [5.41, 5.74) is 1.71. The topological polar surface area (TPSA) is 38.3 Å². The summed E-state index contributed by atoms with van der Waals surface area (Å²) < 4.78 is 6.68. The lowest BCUT2D eigenvalue weighted by atomic mass is 10.2. The van der Waals surface area contributed by atoms with E-state index in [-0.39, 0.29) is 5.91 Å². The van der Waals surface area contributed by atoms with Crippen LogP contribution in [0.25, 0.3) is 0 Å². The third-order valence-electron chi connectivity index (χ3n) is 3.64. The van der Waals surface area contributed by atoms with Crippen molar-refractivity contribution >= 4 is 21.8 Å². The van der Waals surface area contributed by atoms with Gasteiger partial charge >= 0.3 is 0 Å². The number of halogens is 1. The molecule has 1 aliphatic carbocycles. The molecule has 1 amide bonds. The predicted octanol–water partition coefficient (Wildman–Crippen LogP) is 4.17. The fourth-order valence-corrected chi connectivity index (χ4v) is 2.58. The molecule has 0 heterocycles. The summed E-state index contributed by atoms with van der Waals surface area (Å²) in [7, 11) is 0. The predicted molar refractivity (Wildman–Crippen MR) is 90.0 cm³/mol. The molecule has 22 heavy (non-hydrogen) atoms. The number of ether oxygens (including phenoxy) is 1. The van der Waals surface area contributed by atoms with Crippen LogP contribution in [0.4, 0.5) is 0 Å². The Kier molecular flexibility index (Phi) is 4.78. The van der Waals surface area contributed by atoms with Gasteiger partial charge in [-0.1, -0.05) is 28.1 Å². The quantitative estimate of drug-likeness (QED) is 0.840. The molecule has 0 unspecified atom stereocenters. The van der Waals surface area contributed by atoms with Crippen molar-refractivity contribution in [2.45, 2.75) is 19.4 Å². The lowest BCUT2D eigenvalue weighted by molar-refractivity contribution is 0.0951. The molecule has 114 valence electrons. The molecule has 0 atom stereocenters. The highest BCUT2D eigenvalue weighted by Crippen LogP contribution is 2.29. The van der Waals surface area contributed by atoms with E-state index >= 15 is 0 Å². The number of rotatable bonds is 6. The summed E-state index contributed by atoms with van der Waals surface area (Å²) >= 11 is 3.42. The van der Waals surface area contributed by atoms with Crippen molar-refractivity contribution in [1.29, 1.82) is 0 Å². The van der Waals surface area contributed by atoms with Gasteiger partial charge in [0.1, 0.15) is 5.75 Å². The molecule has 0 spiro atoms. The summed E-state index contributed by atoms with van der Waals surface area (Å²) in [6.07, 6.45) is 2.55. The van der Waals surface area contributed by atoms with Gasteiger partial charge in [0.25, 0.3) is 5.91 Å². The first-order valence-electron chi connectivity index (χ1n) is 7.46. The standard InChI is InChI=1S/C18H18BrNO2/c19-16-3-1-2-14(10-16)11-20-18(21)15-6-8-17(9-7-15)22-12-13-4-5-13/h1-3,6-10,13H,4-5,11-12H2,(H,20,21). The van der Waals surface area contributed by atoms with E-state index in [1.165, 1.54) is 12.8 Å². The largest absolute Gasteiger partial charge is 0.493 e. The zero-order valence-electron chi connectivity index (χ0n) is 12.2. The summed E-state index contributed by atoms with van der Waals surface area (Å²) in [5.74, 6) is 1.48. The van der Waals surface area contributed by atoms with Crippen LogP contribution in [0.3, 0.4) is 0 Å².